The zero-order chi connectivity index (χ0) is 16.7. The van der Waals surface area contributed by atoms with Gasteiger partial charge in [-0.25, -0.2) is 9.59 Å². The van der Waals surface area contributed by atoms with Crippen molar-refractivity contribution < 1.29 is 38.4 Å². The van der Waals surface area contributed by atoms with Gasteiger partial charge in [0.05, 0.1) is 20.8 Å². The van der Waals surface area contributed by atoms with Crippen LogP contribution in [0.3, 0.4) is 0 Å². The molecule has 1 aliphatic heterocycles. The normalized spacial score (nSPS) is 17.2. The summed E-state index contributed by atoms with van der Waals surface area (Å²) in [6, 6.07) is 0. The van der Waals surface area contributed by atoms with Gasteiger partial charge in [-0.3, -0.25) is 4.79 Å². The second kappa shape index (κ2) is 7.99. The van der Waals surface area contributed by atoms with Gasteiger partial charge < -0.3 is 24.1 Å². The van der Waals surface area contributed by atoms with Gasteiger partial charge in [0.2, 0.25) is 0 Å². The van der Waals surface area contributed by atoms with Crippen LogP contribution in [0.4, 0.5) is 0 Å². The van der Waals surface area contributed by atoms with Gasteiger partial charge in [0.15, 0.2) is 0 Å². The zero-order valence-corrected chi connectivity index (χ0v) is 12.4. The van der Waals surface area contributed by atoms with E-state index < -0.39 is 23.7 Å². The molecule has 8 heteroatoms. The summed E-state index contributed by atoms with van der Waals surface area (Å²) >= 11 is 0. The first-order chi connectivity index (χ1) is 10.4. The first-order valence-electron chi connectivity index (χ1n) is 6.16. The average molecular weight is 312 g/mol. The van der Waals surface area contributed by atoms with Crippen LogP contribution in [0.5, 0.6) is 0 Å². The summed E-state index contributed by atoms with van der Waals surface area (Å²) in [5.41, 5.74) is -0.0783. The molecule has 0 spiro atoms. The molecule has 0 unspecified atom stereocenters. The number of esters is 3. The minimum absolute atomic E-state index is 0.0366. The maximum Gasteiger partial charge on any atom is 0.341 e. The van der Waals surface area contributed by atoms with Crippen molar-refractivity contribution in [3.05, 3.63) is 34.8 Å². The summed E-state index contributed by atoms with van der Waals surface area (Å²) in [7, 11) is 2.33. The third-order valence-electron chi connectivity index (χ3n) is 2.60. The zero-order valence-electron chi connectivity index (χ0n) is 12.4. The minimum atomic E-state index is -0.799. The topological polar surface area (TPSA) is 108 Å². The molecule has 22 heavy (non-hydrogen) atoms. The third kappa shape index (κ3) is 4.45. The van der Waals surface area contributed by atoms with E-state index in [0.717, 1.165) is 26.2 Å². The molecule has 0 bridgehead atoms. The van der Waals surface area contributed by atoms with Gasteiger partial charge in [-0.1, -0.05) is 0 Å². The van der Waals surface area contributed by atoms with E-state index in [2.05, 4.69) is 9.47 Å². The molecule has 0 aromatic carbocycles. The number of carbonyl (C=O) groups excluding carboxylic acids is 3. The SMILES string of the molecule is COC(=O)C=CC(O)=C1COCC(OC(C)=O)=C1C(=O)OC. The van der Waals surface area contributed by atoms with Gasteiger partial charge in [-0.2, -0.15) is 0 Å². The van der Waals surface area contributed by atoms with Crippen LogP contribution in [0.2, 0.25) is 0 Å². The van der Waals surface area contributed by atoms with Gasteiger partial charge in [0.25, 0.3) is 0 Å². The van der Waals surface area contributed by atoms with E-state index >= 15 is 0 Å². The Morgan fingerprint density at radius 1 is 1.14 bits per heavy atom. The van der Waals surface area contributed by atoms with Crippen molar-refractivity contribution in [1.82, 2.24) is 0 Å². The van der Waals surface area contributed by atoms with Crippen molar-refractivity contribution in [3.8, 4) is 0 Å². The Labute approximate surface area is 126 Å². The predicted octanol–water partition coefficient (Wildman–Crippen LogP) is 0.548. The number of ether oxygens (including phenoxy) is 4. The van der Waals surface area contributed by atoms with Crippen molar-refractivity contribution in [2.24, 2.45) is 0 Å². The number of hydrogen-bond acceptors (Lipinski definition) is 8. The minimum Gasteiger partial charge on any atom is -0.508 e. The Hall–Kier alpha value is -2.61. The molecule has 0 atom stereocenters. The van der Waals surface area contributed by atoms with Gasteiger partial charge in [-0.05, 0) is 6.08 Å². The summed E-state index contributed by atoms with van der Waals surface area (Å²) in [5, 5.41) is 10.0. The Morgan fingerprint density at radius 2 is 1.82 bits per heavy atom. The molecular formula is C14H16O8. The number of aliphatic hydroxyl groups excluding tert-OH is 1. The first-order valence-corrected chi connectivity index (χ1v) is 6.16. The lowest BCUT2D eigenvalue weighted by Gasteiger charge is -2.21. The van der Waals surface area contributed by atoms with Gasteiger partial charge in [0, 0.05) is 18.6 Å². The number of hydrogen-bond donors (Lipinski definition) is 1. The van der Waals surface area contributed by atoms with Crippen molar-refractivity contribution in [2.45, 2.75) is 6.92 Å². The molecule has 0 saturated heterocycles. The number of carbonyl (C=O) groups is 3. The molecule has 1 rings (SSSR count). The van der Waals surface area contributed by atoms with Crippen LogP contribution < -0.4 is 0 Å². The summed E-state index contributed by atoms with van der Waals surface area (Å²) in [4.78, 5) is 34.0. The highest BCUT2D eigenvalue weighted by Crippen LogP contribution is 2.26. The Kier molecular flexibility index (Phi) is 6.33. The largest absolute Gasteiger partial charge is 0.508 e. The maximum atomic E-state index is 11.9. The van der Waals surface area contributed by atoms with Crippen molar-refractivity contribution in [3.63, 3.8) is 0 Å². The van der Waals surface area contributed by atoms with Gasteiger partial charge >= 0.3 is 17.9 Å². The summed E-state index contributed by atoms with van der Waals surface area (Å²) in [5.74, 6) is -2.61. The van der Waals surface area contributed by atoms with Crippen LogP contribution in [0.1, 0.15) is 6.92 Å². The lowest BCUT2D eigenvalue weighted by atomic mass is 10.0. The van der Waals surface area contributed by atoms with Gasteiger partial charge in [-0.15, -0.1) is 0 Å². The van der Waals surface area contributed by atoms with Crippen molar-refractivity contribution in [1.29, 1.82) is 0 Å². The fraction of sp³-hybridized carbons (Fsp3) is 0.357. The molecule has 1 heterocycles. The summed E-state index contributed by atoms with van der Waals surface area (Å²) in [6.07, 6.45) is 2.02. The number of aliphatic hydroxyl groups is 1. The molecule has 0 radical (unpaired) electrons. The summed E-state index contributed by atoms with van der Waals surface area (Å²) in [6.45, 7) is 0.922. The Balaban J connectivity index is 3.30. The van der Waals surface area contributed by atoms with Crippen LogP contribution in [-0.2, 0) is 33.3 Å². The van der Waals surface area contributed by atoms with Crippen LogP contribution >= 0.6 is 0 Å². The molecule has 1 N–H and O–H groups in total. The number of rotatable bonds is 4. The monoisotopic (exact) mass is 312 g/mol. The van der Waals surface area contributed by atoms with E-state index in [1.54, 1.807) is 0 Å². The summed E-state index contributed by atoms with van der Waals surface area (Å²) < 4.78 is 19.1. The highest BCUT2D eigenvalue weighted by Gasteiger charge is 2.29. The van der Waals surface area contributed by atoms with E-state index in [1.165, 1.54) is 7.11 Å². The van der Waals surface area contributed by atoms with Crippen molar-refractivity contribution in [2.75, 3.05) is 27.4 Å². The standard InChI is InChI=1S/C14H16O8/c1-8(15)22-11-7-21-6-9(13(11)14(18)20-3)10(16)4-5-12(17)19-2/h4-5,16H,6-7H2,1-3H3. The van der Waals surface area contributed by atoms with E-state index in [-0.39, 0.29) is 30.1 Å². The number of methoxy groups -OCH3 is 2. The smallest absolute Gasteiger partial charge is 0.341 e. The van der Waals surface area contributed by atoms with E-state index in [4.69, 9.17) is 9.47 Å². The Bertz CT molecular complexity index is 567. The molecule has 0 aromatic heterocycles. The fourth-order valence-corrected chi connectivity index (χ4v) is 1.67. The molecule has 0 fully saturated rings. The number of allylic oxidation sites excluding steroid dienone is 1. The second-order valence-corrected chi connectivity index (χ2v) is 4.10. The second-order valence-electron chi connectivity index (χ2n) is 4.10. The molecule has 120 valence electrons. The molecule has 0 aliphatic carbocycles. The quantitative estimate of drug-likeness (QED) is 0.347. The molecule has 0 amide bonds. The van der Waals surface area contributed by atoms with Gasteiger partial charge in [0.1, 0.15) is 23.7 Å². The van der Waals surface area contributed by atoms with Crippen molar-refractivity contribution >= 4 is 17.9 Å². The molecule has 0 saturated carbocycles. The Morgan fingerprint density at radius 3 is 2.36 bits per heavy atom. The van der Waals surface area contributed by atoms with E-state index in [9.17, 15) is 19.5 Å². The fourth-order valence-electron chi connectivity index (χ4n) is 1.67. The van der Waals surface area contributed by atoms with Crippen LogP contribution in [0.15, 0.2) is 34.8 Å². The van der Waals surface area contributed by atoms with E-state index in [0.29, 0.717) is 0 Å². The average Bonchev–Trinajstić information content (AvgIpc) is 2.50. The molecular weight excluding hydrogens is 296 g/mol. The predicted molar refractivity (Wildman–Crippen MR) is 72.4 cm³/mol. The molecule has 0 aromatic rings. The first kappa shape index (κ1) is 17.4. The molecule has 1 aliphatic rings. The maximum absolute atomic E-state index is 11.9. The van der Waals surface area contributed by atoms with Crippen LogP contribution in [0.25, 0.3) is 0 Å². The lowest BCUT2D eigenvalue weighted by Crippen LogP contribution is -2.24. The molecule has 8 nitrogen and oxygen atoms in total. The van der Waals surface area contributed by atoms with Crippen LogP contribution in [-0.4, -0.2) is 50.4 Å². The highest BCUT2D eigenvalue weighted by atomic mass is 16.6. The lowest BCUT2D eigenvalue weighted by molar-refractivity contribution is -0.139. The van der Waals surface area contributed by atoms with Crippen LogP contribution in [0, 0.1) is 0 Å². The third-order valence-corrected chi connectivity index (χ3v) is 2.60. The highest BCUT2D eigenvalue weighted by molar-refractivity contribution is 5.95. The van der Waals surface area contributed by atoms with E-state index in [1.807, 2.05) is 0 Å².